The maximum absolute atomic E-state index is 13.5. The van der Waals surface area contributed by atoms with Crippen molar-refractivity contribution in [3.05, 3.63) is 54.2 Å². The van der Waals surface area contributed by atoms with Gasteiger partial charge in [-0.1, -0.05) is 26.0 Å². The highest BCUT2D eigenvalue weighted by Gasteiger charge is 2.25. The number of hydrogen-bond donors (Lipinski definition) is 0. The zero-order chi connectivity index (χ0) is 21.8. The van der Waals surface area contributed by atoms with E-state index in [1.165, 1.54) is 9.87 Å². The Bertz CT molecular complexity index is 1120. The Kier molecular flexibility index (Phi) is 6.62. The Morgan fingerprint density at radius 2 is 1.84 bits per heavy atom. The van der Waals surface area contributed by atoms with E-state index in [1.54, 1.807) is 12.1 Å². The molecule has 3 aromatic rings. The van der Waals surface area contributed by atoms with E-state index < -0.39 is 10.0 Å². The quantitative estimate of drug-likeness (QED) is 0.511. The second kappa shape index (κ2) is 9.40. The van der Waals surface area contributed by atoms with Gasteiger partial charge in [0.2, 0.25) is 0 Å². The van der Waals surface area contributed by atoms with E-state index in [9.17, 15) is 8.42 Å². The number of ether oxygens (including phenoxy) is 1. The van der Waals surface area contributed by atoms with Crippen LogP contribution in [0.5, 0.6) is 0 Å². The number of aryl methyl sites for hydroxylation is 1. The van der Waals surface area contributed by atoms with Gasteiger partial charge >= 0.3 is 0 Å². The third-order valence-electron chi connectivity index (χ3n) is 5.96. The third-order valence-corrected chi connectivity index (χ3v) is 7.78. The Balaban J connectivity index is 1.62. The van der Waals surface area contributed by atoms with E-state index in [0.29, 0.717) is 23.0 Å². The van der Waals surface area contributed by atoms with Crippen LogP contribution in [0.25, 0.3) is 10.9 Å². The molecule has 31 heavy (non-hydrogen) atoms. The van der Waals surface area contributed by atoms with Crippen molar-refractivity contribution in [3.8, 4) is 0 Å². The maximum Gasteiger partial charge on any atom is 0.264 e. The van der Waals surface area contributed by atoms with E-state index in [4.69, 9.17) is 4.74 Å². The lowest BCUT2D eigenvalue weighted by Crippen LogP contribution is -2.31. The van der Waals surface area contributed by atoms with Crippen LogP contribution in [0, 0.1) is 5.92 Å². The summed E-state index contributed by atoms with van der Waals surface area (Å²) < 4.78 is 36.0. The van der Waals surface area contributed by atoms with Gasteiger partial charge in [0.1, 0.15) is 0 Å². The van der Waals surface area contributed by atoms with E-state index in [-0.39, 0.29) is 0 Å². The highest BCUT2D eigenvalue weighted by atomic mass is 32.2. The first-order valence-corrected chi connectivity index (χ1v) is 12.6. The summed E-state index contributed by atoms with van der Waals surface area (Å²) in [5.74, 6) is 0.553. The van der Waals surface area contributed by atoms with Crippen LogP contribution in [0.3, 0.4) is 0 Å². The summed E-state index contributed by atoms with van der Waals surface area (Å²) >= 11 is 0. The van der Waals surface area contributed by atoms with Crippen LogP contribution in [0.2, 0.25) is 0 Å². The van der Waals surface area contributed by atoms with Gasteiger partial charge in [0.25, 0.3) is 10.0 Å². The van der Waals surface area contributed by atoms with Gasteiger partial charge in [-0.05, 0) is 67.5 Å². The Morgan fingerprint density at radius 1 is 1.10 bits per heavy atom. The summed E-state index contributed by atoms with van der Waals surface area (Å²) in [5.41, 5.74) is 2.71. The van der Waals surface area contributed by atoms with Gasteiger partial charge < -0.3 is 4.74 Å². The number of fused-ring (bicyclic) bond motifs is 1. The average molecular weight is 442 g/mol. The first-order valence-electron chi connectivity index (χ1n) is 11.2. The second-order valence-electron chi connectivity index (χ2n) is 8.22. The van der Waals surface area contributed by atoms with Crippen molar-refractivity contribution in [1.82, 2.24) is 9.78 Å². The summed E-state index contributed by atoms with van der Waals surface area (Å²) in [6.07, 6.45) is 5.71. The van der Waals surface area contributed by atoms with Crippen molar-refractivity contribution in [2.24, 2.45) is 5.92 Å². The molecule has 7 heteroatoms. The molecule has 0 atom stereocenters. The lowest BCUT2D eigenvalue weighted by Gasteiger charge is -2.24. The number of benzene rings is 2. The zero-order valence-corrected chi connectivity index (χ0v) is 19.1. The molecule has 0 aliphatic carbocycles. The molecule has 1 fully saturated rings. The number of nitrogens with zero attached hydrogens (tertiary/aromatic N) is 3. The maximum atomic E-state index is 13.5. The predicted molar refractivity (Wildman–Crippen MR) is 124 cm³/mol. The molecule has 166 valence electrons. The molecule has 0 N–H and O–H groups in total. The first-order chi connectivity index (χ1) is 15.0. The Morgan fingerprint density at radius 3 is 2.52 bits per heavy atom. The number of hydrogen-bond acceptors (Lipinski definition) is 4. The van der Waals surface area contributed by atoms with Crippen molar-refractivity contribution < 1.29 is 13.2 Å². The van der Waals surface area contributed by atoms with Crippen LogP contribution < -0.4 is 4.31 Å². The number of rotatable bonds is 8. The van der Waals surface area contributed by atoms with E-state index in [2.05, 4.69) is 12.0 Å². The Labute approximate surface area is 184 Å². The number of anilines is 1. The molecular formula is C24H31N3O3S. The Hall–Kier alpha value is -2.38. The molecule has 1 aromatic heterocycles. The van der Waals surface area contributed by atoms with Gasteiger partial charge in [-0.2, -0.15) is 5.10 Å². The molecule has 4 rings (SSSR count). The molecule has 2 heterocycles. The van der Waals surface area contributed by atoms with Crippen molar-refractivity contribution >= 4 is 26.6 Å². The normalized spacial score (nSPS) is 15.4. The van der Waals surface area contributed by atoms with Crippen LogP contribution in [-0.2, 0) is 27.7 Å². The molecule has 0 bridgehead atoms. The highest BCUT2D eigenvalue weighted by molar-refractivity contribution is 7.92. The SMILES string of the molecule is CCCN(c1ccc(CC)cc1)S(=O)(=O)c1ccc2nn(CC3CCOCC3)cc2c1. The molecule has 0 spiro atoms. The topological polar surface area (TPSA) is 64.4 Å². The van der Waals surface area contributed by atoms with Crippen molar-refractivity contribution in [3.63, 3.8) is 0 Å². The van der Waals surface area contributed by atoms with Crippen molar-refractivity contribution in [2.45, 2.75) is 51.0 Å². The predicted octanol–water partition coefficient (Wildman–Crippen LogP) is 4.63. The van der Waals surface area contributed by atoms with Gasteiger partial charge in [0, 0.05) is 37.9 Å². The third kappa shape index (κ3) is 4.77. The highest BCUT2D eigenvalue weighted by Crippen LogP contribution is 2.27. The molecule has 6 nitrogen and oxygen atoms in total. The first kappa shape index (κ1) is 21.8. The van der Waals surface area contributed by atoms with Gasteiger partial charge in [-0.25, -0.2) is 8.42 Å². The number of sulfonamides is 1. The fourth-order valence-electron chi connectivity index (χ4n) is 4.12. The molecular weight excluding hydrogens is 410 g/mol. The summed E-state index contributed by atoms with van der Waals surface area (Å²) in [5, 5.41) is 5.51. The van der Waals surface area contributed by atoms with E-state index in [1.807, 2.05) is 48.1 Å². The zero-order valence-electron chi connectivity index (χ0n) is 18.3. The summed E-state index contributed by atoms with van der Waals surface area (Å²) in [6.45, 7) is 6.97. The number of aromatic nitrogens is 2. The molecule has 1 aliphatic rings. The molecule has 0 radical (unpaired) electrons. The van der Waals surface area contributed by atoms with Crippen molar-refractivity contribution in [2.75, 3.05) is 24.1 Å². The van der Waals surface area contributed by atoms with Crippen molar-refractivity contribution in [1.29, 1.82) is 0 Å². The monoisotopic (exact) mass is 441 g/mol. The molecule has 1 saturated heterocycles. The molecule has 0 amide bonds. The summed E-state index contributed by atoms with van der Waals surface area (Å²) in [6, 6.07) is 13.0. The minimum absolute atomic E-state index is 0.304. The minimum atomic E-state index is -3.67. The molecule has 2 aromatic carbocycles. The van der Waals surface area contributed by atoms with Crippen LogP contribution in [0.15, 0.2) is 53.6 Å². The van der Waals surface area contributed by atoms with E-state index >= 15 is 0 Å². The fourth-order valence-corrected chi connectivity index (χ4v) is 5.71. The van der Waals surface area contributed by atoms with Crippen LogP contribution in [0.4, 0.5) is 5.69 Å². The lowest BCUT2D eigenvalue weighted by molar-refractivity contribution is 0.0602. The van der Waals surface area contributed by atoms with Gasteiger partial charge in [-0.15, -0.1) is 0 Å². The van der Waals surface area contributed by atoms with Crippen LogP contribution in [0.1, 0.15) is 38.7 Å². The summed E-state index contributed by atoms with van der Waals surface area (Å²) in [4.78, 5) is 0.304. The van der Waals surface area contributed by atoms with Crippen LogP contribution in [-0.4, -0.2) is 38.0 Å². The van der Waals surface area contributed by atoms with Crippen LogP contribution >= 0.6 is 0 Å². The van der Waals surface area contributed by atoms with Gasteiger partial charge in [0.15, 0.2) is 0 Å². The fraction of sp³-hybridized carbons (Fsp3) is 0.458. The lowest BCUT2D eigenvalue weighted by atomic mass is 10.0. The minimum Gasteiger partial charge on any atom is -0.381 e. The smallest absolute Gasteiger partial charge is 0.264 e. The second-order valence-corrected chi connectivity index (χ2v) is 10.1. The molecule has 1 aliphatic heterocycles. The summed E-state index contributed by atoms with van der Waals surface area (Å²) in [7, 11) is -3.67. The van der Waals surface area contributed by atoms with Gasteiger partial charge in [0.05, 0.1) is 16.1 Å². The standard InChI is InChI=1S/C24H31N3O3S/c1-3-13-27(22-7-5-19(4-2)6-8-22)31(28,29)23-9-10-24-21(16-23)18-26(25-24)17-20-11-14-30-15-12-20/h5-10,16,18,20H,3-4,11-15,17H2,1-2H3. The molecule has 0 unspecified atom stereocenters. The average Bonchev–Trinajstić information content (AvgIpc) is 3.19. The van der Waals surface area contributed by atoms with Gasteiger partial charge in [-0.3, -0.25) is 8.99 Å². The van der Waals surface area contributed by atoms with E-state index in [0.717, 1.165) is 56.3 Å². The molecule has 0 saturated carbocycles. The largest absolute Gasteiger partial charge is 0.381 e.